The van der Waals surface area contributed by atoms with E-state index in [0.29, 0.717) is 11.8 Å². The van der Waals surface area contributed by atoms with E-state index in [4.69, 9.17) is 5.11 Å². The van der Waals surface area contributed by atoms with E-state index in [1.54, 1.807) is 6.92 Å². The van der Waals surface area contributed by atoms with Crippen LogP contribution < -0.4 is 0 Å². The number of Topliss-reactive ketones (excluding diaryl/α,β-unsaturated/α-hetero) is 1. The molecule has 0 spiro atoms. The second kappa shape index (κ2) is 13.7. The van der Waals surface area contributed by atoms with Crippen molar-refractivity contribution in [2.24, 2.45) is 0 Å². The summed E-state index contributed by atoms with van der Waals surface area (Å²) in [6.45, 7) is 10.2. The van der Waals surface area contributed by atoms with Crippen molar-refractivity contribution in [1.82, 2.24) is 0 Å². The molecule has 0 saturated carbocycles. The summed E-state index contributed by atoms with van der Waals surface area (Å²) in [7, 11) is 0. The van der Waals surface area contributed by atoms with Gasteiger partial charge in [-0.2, -0.15) is 0 Å². The maximum Gasteiger partial charge on any atom is 0.155 e. The van der Waals surface area contributed by atoms with Crippen LogP contribution in [0.3, 0.4) is 0 Å². The number of rotatable bonds is 8. The molecule has 0 aliphatic carbocycles. The van der Waals surface area contributed by atoms with E-state index in [-0.39, 0.29) is 12.4 Å². The Hall–Kier alpha value is -2.45. The highest BCUT2D eigenvalue weighted by atomic mass is 16.3. The van der Waals surface area contributed by atoms with Crippen LogP contribution in [0.5, 0.6) is 0 Å². The number of carbonyl (C=O) groups excluding carboxylic acids is 1. The summed E-state index contributed by atoms with van der Waals surface area (Å²) in [4.78, 5) is 11.3. The monoisotopic (exact) mass is 392 g/mol. The lowest BCUT2D eigenvalue weighted by molar-refractivity contribution is -0.113. The van der Waals surface area contributed by atoms with Gasteiger partial charge in [0.1, 0.15) is 0 Å². The Kier molecular flexibility index (Phi) is 11.6. The molecular formula is C27H36O2. The molecule has 0 heterocycles. The topological polar surface area (TPSA) is 37.3 Å². The highest BCUT2D eigenvalue weighted by Gasteiger charge is 2.06. The number of ketones is 1. The van der Waals surface area contributed by atoms with Gasteiger partial charge in [0.2, 0.25) is 0 Å². The number of aliphatic hydroxyl groups excluding tert-OH is 1. The Balaban J connectivity index is 0.000000291. The normalized spacial score (nSPS) is 13.9. The lowest BCUT2D eigenvalue weighted by Crippen LogP contribution is -1.98. The molecule has 0 amide bonds. The highest BCUT2D eigenvalue weighted by Crippen LogP contribution is 2.19. The van der Waals surface area contributed by atoms with E-state index in [1.165, 1.54) is 11.1 Å². The SMILES string of the molecule is CC/C(=C/C(C)c1ccccc1)C(C)=O.CC/C(=C/C(C)c1ccccc1)CO. The molecule has 1 N–H and O–H groups in total. The third-order valence-electron chi connectivity index (χ3n) is 5.08. The molecule has 0 aromatic heterocycles. The molecule has 2 heteroatoms. The lowest BCUT2D eigenvalue weighted by Gasteiger charge is -2.08. The molecule has 2 aromatic rings. The number of aliphatic hydroxyl groups is 1. The summed E-state index contributed by atoms with van der Waals surface area (Å²) in [6.07, 6.45) is 5.95. The maximum absolute atomic E-state index is 11.3. The molecule has 0 aliphatic heterocycles. The lowest BCUT2D eigenvalue weighted by atomic mass is 9.96. The summed E-state index contributed by atoms with van der Waals surface area (Å²) >= 11 is 0. The van der Waals surface area contributed by atoms with Gasteiger partial charge in [0, 0.05) is 0 Å². The van der Waals surface area contributed by atoms with Crippen molar-refractivity contribution in [1.29, 1.82) is 0 Å². The van der Waals surface area contributed by atoms with Gasteiger partial charge in [0.05, 0.1) is 6.61 Å². The van der Waals surface area contributed by atoms with Gasteiger partial charge in [-0.05, 0) is 53.9 Å². The van der Waals surface area contributed by atoms with Gasteiger partial charge < -0.3 is 5.11 Å². The Morgan fingerprint density at radius 3 is 1.62 bits per heavy atom. The summed E-state index contributed by atoms with van der Waals surface area (Å²) in [5, 5.41) is 9.05. The van der Waals surface area contributed by atoms with Crippen LogP contribution in [0.4, 0.5) is 0 Å². The molecule has 0 aliphatic rings. The van der Waals surface area contributed by atoms with Crippen molar-refractivity contribution in [2.75, 3.05) is 6.61 Å². The molecule has 156 valence electrons. The fourth-order valence-electron chi connectivity index (χ4n) is 3.13. The Labute approximate surface area is 177 Å². The third kappa shape index (κ3) is 9.06. The van der Waals surface area contributed by atoms with Crippen LogP contribution in [-0.4, -0.2) is 17.5 Å². The fourth-order valence-corrected chi connectivity index (χ4v) is 3.13. The second-order valence-electron chi connectivity index (χ2n) is 7.34. The number of hydrogen-bond acceptors (Lipinski definition) is 2. The first kappa shape index (κ1) is 24.6. The zero-order valence-electron chi connectivity index (χ0n) is 18.6. The second-order valence-corrected chi connectivity index (χ2v) is 7.34. The molecule has 0 saturated heterocycles. The fraction of sp³-hybridized carbons (Fsp3) is 0.370. The average molecular weight is 393 g/mol. The number of hydrogen-bond donors (Lipinski definition) is 1. The molecule has 29 heavy (non-hydrogen) atoms. The molecule has 2 nitrogen and oxygen atoms in total. The van der Waals surface area contributed by atoms with Crippen molar-refractivity contribution in [3.63, 3.8) is 0 Å². The Morgan fingerprint density at radius 2 is 1.28 bits per heavy atom. The van der Waals surface area contributed by atoms with Crippen LogP contribution in [-0.2, 0) is 4.79 Å². The summed E-state index contributed by atoms with van der Waals surface area (Å²) in [5.74, 6) is 0.878. The van der Waals surface area contributed by atoms with Crippen LogP contribution in [0.15, 0.2) is 84.0 Å². The molecular weight excluding hydrogens is 356 g/mol. The molecule has 0 bridgehead atoms. The Bertz CT molecular complexity index is 767. The van der Waals surface area contributed by atoms with Gasteiger partial charge in [-0.15, -0.1) is 0 Å². The summed E-state index contributed by atoms with van der Waals surface area (Å²) < 4.78 is 0. The predicted octanol–water partition coefficient (Wildman–Crippen LogP) is 6.83. The quantitative estimate of drug-likeness (QED) is 0.395. The smallest absolute Gasteiger partial charge is 0.155 e. The van der Waals surface area contributed by atoms with Gasteiger partial charge in [-0.1, -0.05) is 101 Å². The third-order valence-corrected chi connectivity index (χ3v) is 5.08. The van der Waals surface area contributed by atoms with Crippen LogP contribution in [0.1, 0.15) is 70.4 Å². The van der Waals surface area contributed by atoms with Crippen molar-refractivity contribution < 1.29 is 9.90 Å². The van der Waals surface area contributed by atoms with Gasteiger partial charge in [-0.25, -0.2) is 0 Å². The van der Waals surface area contributed by atoms with Crippen LogP contribution in [0, 0.1) is 0 Å². The van der Waals surface area contributed by atoms with Gasteiger partial charge in [0.25, 0.3) is 0 Å². The number of allylic oxidation sites excluding steroid dienone is 3. The largest absolute Gasteiger partial charge is 0.392 e. The molecule has 2 atom stereocenters. The average Bonchev–Trinajstić information content (AvgIpc) is 2.76. The predicted molar refractivity (Wildman–Crippen MR) is 124 cm³/mol. The molecule has 2 unspecified atom stereocenters. The van der Waals surface area contributed by atoms with E-state index in [0.717, 1.165) is 24.0 Å². The van der Waals surface area contributed by atoms with Gasteiger partial charge in [0.15, 0.2) is 5.78 Å². The van der Waals surface area contributed by atoms with Gasteiger partial charge in [-0.3, -0.25) is 4.79 Å². The summed E-state index contributed by atoms with van der Waals surface area (Å²) in [6, 6.07) is 20.6. The van der Waals surface area contributed by atoms with E-state index >= 15 is 0 Å². The van der Waals surface area contributed by atoms with Crippen molar-refractivity contribution in [3.8, 4) is 0 Å². The number of carbonyl (C=O) groups is 1. The molecule has 0 radical (unpaired) electrons. The Morgan fingerprint density at radius 1 is 0.828 bits per heavy atom. The van der Waals surface area contributed by atoms with Crippen molar-refractivity contribution >= 4 is 5.78 Å². The highest BCUT2D eigenvalue weighted by molar-refractivity contribution is 5.93. The van der Waals surface area contributed by atoms with Crippen LogP contribution in [0.2, 0.25) is 0 Å². The van der Waals surface area contributed by atoms with E-state index in [2.05, 4.69) is 57.2 Å². The maximum atomic E-state index is 11.3. The first-order valence-electron chi connectivity index (χ1n) is 10.5. The van der Waals surface area contributed by atoms with E-state index < -0.39 is 0 Å². The molecule has 0 fully saturated rings. The first-order chi connectivity index (χ1) is 13.9. The standard InChI is InChI=1S/C14H18O.C13H18O/c1-4-13(12(3)15)10-11(2)14-8-6-5-7-9-14;1-3-12(10-14)9-11(2)13-7-5-4-6-8-13/h5-11H,4H2,1-3H3;4-9,11,14H,3,10H2,1-2H3/b13-10-;12-9-. The minimum absolute atomic E-state index is 0.174. The van der Waals surface area contributed by atoms with Gasteiger partial charge >= 0.3 is 0 Å². The van der Waals surface area contributed by atoms with Crippen molar-refractivity contribution in [2.45, 2.75) is 59.3 Å². The first-order valence-corrected chi connectivity index (χ1v) is 10.5. The minimum atomic E-state index is 0.174. The number of benzene rings is 2. The minimum Gasteiger partial charge on any atom is -0.392 e. The van der Waals surface area contributed by atoms with Crippen molar-refractivity contribution in [3.05, 3.63) is 95.1 Å². The molecule has 2 aromatic carbocycles. The van der Waals surface area contributed by atoms with E-state index in [9.17, 15) is 4.79 Å². The van der Waals surface area contributed by atoms with Crippen LogP contribution in [0.25, 0.3) is 0 Å². The summed E-state index contributed by atoms with van der Waals surface area (Å²) in [5.41, 5.74) is 4.59. The van der Waals surface area contributed by atoms with Crippen LogP contribution >= 0.6 is 0 Å². The molecule has 2 rings (SSSR count). The van der Waals surface area contributed by atoms with E-state index in [1.807, 2.05) is 43.3 Å². The zero-order chi connectivity index (χ0) is 21.6. The zero-order valence-corrected chi connectivity index (χ0v) is 18.6.